The maximum atomic E-state index is 12.7. The highest BCUT2D eigenvalue weighted by molar-refractivity contribution is 7.89. The Labute approximate surface area is 192 Å². The Kier molecular flexibility index (Phi) is 7.05. The van der Waals surface area contributed by atoms with E-state index in [0.29, 0.717) is 30.5 Å². The predicted molar refractivity (Wildman–Crippen MR) is 122 cm³/mol. The van der Waals surface area contributed by atoms with E-state index in [1.54, 1.807) is 19.2 Å². The van der Waals surface area contributed by atoms with Gasteiger partial charge in [0, 0.05) is 37.2 Å². The summed E-state index contributed by atoms with van der Waals surface area (Å²) in [4.78, 5) is 16.9. The van der Waals surface area contributed by atoms with Gasteiger partial charge in [0.15, 0.2) is 0 Å². The monoisotopic (exact) mass is 470 g/mol. The van der Waals surface area contributed by atoms with Crippen molar-refractivity contribution in [1.29, 1.82) is 0 Å². The number of piperidine rings is 1. The molecule has 1 aliphatic heterocycles. The molecule has 0 bridgehead atoms. The number of carbonyl (C=O) groups excluding carboxylic acids is 1. The summed E-state index contributed by atoms with van der Waals surface area (Å²) in [6.07, 6.45) is 3.27. The van der Waals surface area contributed by atoms with E-state index in [2.05, 4.69) is 15.5 Å². The van der Waals surface area contributed by atoms with Crippen LogP contribution in [0.2, 0.25) is 0 Å². The third-order valence-corrected chi connectivity index (χ3v) is 7.39. The minimum Gasteiger partial charge on any atom is -0.497 e. The zero-order chi connectivity index (χ0) is 23.3. The van der Waals surface area contributed by atoms with E-state index < -0.39 is 10.0 Å². The summed E-state index contributed by atoms with van der Waals surface area (Å²) in [6.45, 7) is 1.10. The molecule has 0 saturated carbocycles. The average molecular weight is 471 g/mol. The molecule has 2 aromatic carbocycles. The standard InChI is InChI=1S/C23H26N4O5S/c1-31-19-9-5-17(6-10-19)23-25-22(32-26-23)14-13-21(28)24-18-7-11-20(12-8-18)33(29,30)27-15-3-2-4-16-27/h5-12H,2-4,13-16H2,1H3,(H,24,28). The molecule has 1 amide bonds. The van der Waals surface area contributed by atoms with Crippen LogP contribution in [0, 0.1) is 0 Å². The van der Waals surface area contributed by atoms with Gasteiger partial charge >= 0.3 is 0 Å². The highest BCUT2D eigenvalue weighted by Gasteiger charge is 2.25. The fraction of sp³-hybridized carbons (Fsp3) is 0.348. The molecule has 1 aliphatic rings. The van der Waals surface area contributed by atoms with Gasteiger partial charge in [-0.05, 0) is 61.4 Å². The number of aryl methyl sites for hydroxylation is 1. The van der Waals surface area contributed by atoms with Crippen LogP contribution in [0.1, 0.15) is 31.6 Å². The first-order valence-electron chi connectivity index (χ1n) is 10.8. The number of anilines is 1. The van der Waals surface area contributed by atoms with Gasteiger partial charge in [-0.25, -0.2) is 8.42 Å². The lowest BCUT2D eigenvalue weighted by Crippen LogP contribution is -2.35. The fourth-order valence-electron chi connectivity index (χ4n) is 3.62. The summed E-state index contributed by atoms with van der Waals surface area (Å²) >= 11 is 0. The smallest absolute Gasteiger partial charge is 0.243 e. The molecule has 1 saturated heterocycles. The maximum absolute atomic E-state index is 12.7. The number of methoxy groups -OCH3 is 1. The number of carbonyl (C=O) groups is 1. The van der Waals surface area contributed by atoms with E-state index in [0.717, 1.165) is 30.6 Å². The molecular weight excluding hydrogens is 444 g/mol. The van der Waals surface area contributed by atoms with Gasteiger partial charge in [-0.3, -0.25) is 4.79 Å². The second-order valence-electron chi connectivity index (χ2n) is 7.78. The number of rotatable bonds is 8. The van der Waals surface area contributed by atoms with Gasteiger partial charge in [0.05, 0.1) is 12.0 Å². The summed E-state index contributed by atoms with van der Waals surface area (Å²) in [5.74, 6) is 1.31. The highest BCUT2D eigenvalue weighted by atomic mass is 32.2. The van der Waals surface area contributed by atoms with Gasteiger partial charge in [0.25, 0.3) is 0 Å². The third-order valence-electron chi connectivity index (χ3n) is 5.47. The van der Waals surface area contributed by atoms with Crippen LogP contribution in [0.4, 0.5) is 5.69 Å². The summed E-state index contributed by atoms with van der Waals surface area (Å²) in [7, 11) is -1.90. The molecule has 1 fully saturated rings. The molecule has 2 heterocycles. The Morgan fingerprint density at radius 2 is 1.76 bits per heavy atom. The number of hydrogen-bond acceptors (Lipinski definition) is 7. The Hall–Kier alpha value is -3.24. The molecule has 10 heteroatoms. The number of sulfonamides is 1. The van der Waals surface area contributed by atoms with Crippen LogP contribution in [-0.4, -0.2) is 49.0 Å². The molecule has 1 aromatic heterocycles. The number of ether oxygens (including phenoxy) is 1. The molecule has 1 N–H and O–H groups in total. The third kappa shape index (κ3) is 5.58. The van der Waals surface area contributed by atoms with Gasteiger partial charge in [0.2, 0.25) is 27.6 Å². The van der Waals surface area contributed by atoms with Crippen LogP contribution in [0.5, 0.6) is 5.75 Å². The predicted octanol–water partition coefficient (Wildman–Crippen LogP) is 3.49. The first kappa shape index (κ1) is 22.9. The zero-order valence-electron chi connectivity index (χ0n) is 18.4. The van der Waals surface area contributed by atoms with Gasteiger partial charge < -0.3 is 14.6 Å². The molecule has 0 radical (unpaired) electrons. The van der Waals surface area contributed by atoms with Crippen molar-refractivity contribution in [3.8, 4) is 17.1 Å². The van der Waals surface area contributed by atoms with Crippen molar-refractivity contribution in [2.24, 2.45) is 0 Å². The molecule has 174 valence electrons. The Bertz CT molecular complexity index is 1180. The van der Waals surface area contributed by atoms with Crippen LogP contribution < -0.4 is 10.1 Å². The Balaban J connectivity index is 1.30. The summed E-state index contributed by atoms with van der Waals surface area (Å²) in [5, 5.41) is 6.73. The molecule has 9 nitrogen and oxygen atoms in total. The Morgan fingerprint density at radius 3 is 2.42 bits per heavy atom. The fourth-order valence-corrected chi connectivity index (χ4v) is 5.14. The molecular formula is C23H26N4O5S. The van der Waals surface area contributed by atoms with Gasteiger partial charge in [-0.2, -0.15) is 9.29 Å². The summed E-state index contributed by atoms with van der Waals surface area (Å²) < 4.78 is 37.4. The lowest BCUT2D eigenvalue weighted by molar-refractivity contribution is -0.116. The average Bonchev–Trinajstić information content (AvgIpc) is 3.33. The highest BCUT2D eigenvalue weighted by Crippen LogP contribution is 2.23. The van der Waals surface area contributed by atoms with Crippen molar-refractivity contribution in [2.45, 2.75) is 37.0 Å². The second kappa shape index (κ2) is 10.1. The van der Waals surface area contributed by atoms with Gasteiger partial charge in [-0.1, -0.05) is 11.6 Å². The number of aromatic nitrogens is 2. The van der Waals surface area contributed by atoms with Crippen LogP contribution in [0.15, 0.2) is 57.9 Å². The second-order valence-corrected chi connectivity index (χ2v) is 9.72. The molecule has 0 unspecified atom stereocenters. The summed E-state index contributed by atoms with van der Waals surface area (Å²) in [5.41, 5.74) is 1.32. The van der Waals surface area contributed by atoms with Crippen molar-refractivity contribution >= 4 is 21.6 Å². The lowest BCUT2D eigenvalue weighted by atomic mass is 10.2. The number of hydrogen-bond donors (Lipinski definition) is 1. The first-order chi connectivity index (χ1) is 16.0. The van der Waals surface area contributed by atoms with Crippen molar-refractivity contribution < 1.29 is 22.5 Å². The quantitative estimate of drug-likeness (QED) is 0.536. The molecule has 4 rings (SSSR count). The largest absolute Gasteiger partial charge is 0.497 e. The van der Waals surface area contributed by atoms with E-state index >= 15 is 0 Å². The molecule has 3 aromatic rings. The van der Waals surface area contributed by atoms with Crippen molar-refractivity contribution in [3.63, 3.8) is 0 Å². The topological polar surface area (TPSA) is 115 Å². The first-order valence-corrected chi connectivity index (χ1v) is 12.3. The van der Waals surface area contributed by atoms with Gasteiger partial charge in [-0.15, -0.1) is 0 Å². The number of amides is 1. The van der Waals surface area contributed by atoms with E-state index in [1.165, 1.54) is 16.4 Å². The summed E-state index contributed by atoms with van der Waals surface area (Å²) in [6, 6.07) is 13.5. The molecule has 0 aliphatic carbocycles. The van der Waals surface area contributed by atoms with Crippen LogP contribution >= 0.6 is 0 Å². The normalized spacial score (nSPS) is 14.7. The van der Waals surface area contributed by atoms with Crippen LogP contribution in [0.25, 0.3) is 11.4 Å². The van der Waals surface area contributed by atoms with E-state index in [4.69, 9.17) is 9.26 Å². The van der Waals surface area contributed by atoms with E-state index in [-0.39, 0.29) is 23.6 Å². The maximum Gasteiger partial charge on any atom is 0.243 e. The number of nitrogens with zero attached hydrogens (tertiary/aromatic N) is 3. The molecule has 0 spiro atoms. The Morgan fingerprint density at radius 1 is 1.06 bits per heavy atom. The zero-order valence-corrected chi connectivity index (χ0v) is 19.2. The minimum absolute atomic E-state index is 0.151. The van der Waals surface area contributed by atoms with Crippen molar-refractivity contribution in [1.82, 2.24) is 14.4 Å². The minimum atomic E-state index is -3.49. The van der Waals surface area contributed by atoms with Crippen LogP contribution in [-0.2, 0) is 21.2 Å². The lowest BCUT2D eigenvalue weighted by Gasteiger charge is -2.25. The number of benzene rings is 2. The SMILES string of the molecule is COc1ccc(-c2noc(CCC(=O)Nc3ccc(S(=O)(=O)N4CCCCC4)cc3)n2)cc1. The van der Waals surface area contributed by atoms with Gasteiger partial charge in [0.1, 0.15) is 5.75 Å². The number of nitrogens with one attached hydrogen (secondary N) is 1. The van der Waals surface area contributed by atoms with Crippen molar-refractivity contribution in [3.05, 3.63) is 54.4 Å². The molecule has 0 atom stereocenters. The van der Waals surface area contributed by atoms with Crippen LogP contribution in [0.3, 0.4) is 0 Å². The van der Waals surface area contributed by atoms with E-state index in [1.807, 2.05) is 24.3 Å². The van der Waals surface area contributed by atoms with Crippen molar-refractivity contribution in [2.75, 3.05) is 25.5 Å². The molecule has 33 heavy (non-hydrogen) atoms. The van der Waals surface area contributed by atoms with E-state index in [9.17, 15) is 13.2 Å².